The Bertz CT molecular complexity index is 727. The molecule has 1 aliphatic rings. The summed E-state index contributed by atoms with van der Waals surface area (Å²) < 4.78 is 32.9. The van der Waals surface area contributed by atoms with Gasteiger partial charge >= 0.3 is 0 Å². The first kappa shape index (κ1) is 24.1. The number of rotatable bonds is 7. The molecule has 27 heavy (non-hydrogen) atoms. The number of hydrogen-bond donors (Lipinski definition) is 2. The molecule has 1 aliphatic heterocycles. The molecule has 10 heteroatoms. The van der Waals surface area contributed by atoms with Crippen molar-refractivity contribution in [3.63, 3.8) is 0 Å². The molecule has 0 bridgehead atoms. The van der Waals surface area contributed by atoms with E-state index in [0.717, 1.165) is 30.5 Å². The van der Waals surface area contributed by atoms with Crippen molar-refractivity contribution in [3.8, 4) is 0 Å². The number of methoxy groups -OCH3 is 1. The summed E-state index contributed by atoms with van der Waals surface area (Å²) in [4.78, 5) is 4.39. The van der Waals surface area contributed by atoms with Gasteiger partial charge in [0, 0.05) is 45.0 Å². The van der Waals surface area contributed by atoms with Crippen molar-refractivity contribution in [2.75, 3.05) is 39.6 Å². The summed E-state index contributed by atoms with van der Waals surface area (Å²) >= 11 is 0. The third-order valence-corrected chi connectivity index (χ3v) is 6.38. The normalized spacial score (nSPS) is 19.0. The molecule has 1 aromatic rings. The predicted molar refractivity (Wildman–Crippen MR) is 120 cm³/mol. The van der Waals surface area contributed by atoms with Crippen LogP contribution in [0.25, 0.3) is 0 Å². The zero-order valence-corrected chi connectivity index (χ0v) is 19.2. The second-order valence-electron chi connectivity index (χ2n) is 6.49. The second-order valence-corrected chi connectivity index (χ2v) is 8.59. The number of halogens is 1. The first-order valence-electron chi connectivity index (χ1n) is 8.69. The summed E-state index contributed by atoms with van der Waals surface area (Å²) in [6.07, 6.45) is 2.64. The maximum atomic E-state index is 12.5. The van der Waals surface area contributed by atoms with Crippen LogP contribution in [0.4, 0.5) is 5.69 Å². The number of benzene rings is 1. The van der Waals surface area contributed by atoms with Gasteiger partial charge in [0.2, 0.25) is 0 Å². The van der Waals surface area contributed by atoms with E-state index in [1.54, 1.807) is 21.2 Å². The Morgan fingerprint density at radius 3 is 2.74 bits per heavy atom. The number of nitrogens with two attached hydrogens (primary N) is 1. The van der Waals surface area contributed by atoms with E-state index in [9.17, 15) is 8.42 Å². The molecule has 1 fully saturated rings. The van der Waals surface area contributed by atoms with Gasteiger partial charge in [-0.3, -0.25) is 4.99 Å². The van der Waals surface area contributed by atoms with E-state index in [1.807, 2.05) is 24.3 Å². The number of piperidine rings is 1. The zero-order valence-electron chi connectivity index (χ0n) is 16.1. The Hall–Kier alpha value is -0.950. The highest BCUT2D eigenvalue weighted by Gasteiger charge is 2.33. The van der Waals surface area contributed by atoms with Crippen LogP contribution in [-0.2, 0) is 21.6 Å². The van der Waals surface area contributed by atoms with E-state index in [4.69, 9.17) is 10.5 Å². The lowest BCUT2D eigenvalue weighted by Crippen LogP contribution is -2.50. The molecule has 8 nitrogen and oxygen atoms in total. The van der Waals surface area contributed by atoms with Crippen molar-refractivity contribution in [1.29, 1.82) is 0 Å². The monoisotopic (exact) mass is 511 g/mol. The first-order valence-corrected chi connectivity index (χ1v) is 10.1. The highest BCUT2D eigenvalue weighted by atomic mass is 127. The van der Waals surface area contributed by atoms with Gasteiger partial charge in [0.15, 0.2) is 5.96 Å². The van der Waals surface area contributed by atoms with Crippen molar-refractivity contribution in [3.05, 3.63) is 29.8 Å². The van der Waals surface area contributed by atoms with Crippen LogP contribution in [0.1, 0.15) is 24.8 Å². The Morgan fingerprint density at radius 1 is 1.37 bits per heavy atom. The highest BCUT2D eigenvalue weighted by Crippen LogP contribution is 2.22. The molecule has 1 aromatic carbocycles. The van der Waals surface area contributed by atoms with Gasteiger partial charge in [-0.2, -0.15) is 17.0 Å². The number of para-hydroxylation sites is 1. The van der Waals surface area contributed by atoms with Gasteiger partial charge in [0.25, 0.3) is 10.2 Å². The van der Waals surface area contributed by atoms with Crippen LogP contribution in [0.2, 0.25) is 0 Å². The fraction of sp³-hybridized carbons (Fsp3) is 0.588. The summed E-state index contributed by atoms with van der Waals surface area (Å²) in [5, 5.41) is 3.08. The largest absolute Gasteiger partial charge is 0.380 e. The fourth-order valence-corrected chi connectivity index (χ4v) is 4.30. The number of ether oxygens (including phenoxy) is 1. The number of aliphatic imine (C=N–C) groups is 1. The van der Waals surface area contributed by atoms with E-state index in [2.05, 4.69) is 10.3 Å². The Morgan fingerprint density at radius 2 is 2.07 bits per heavy atom. The summed E-state index contributed by atoms with van der Waals surface area (Å²) in [6, 6.07) is 7.51. The van der Waals surface area contributed by atoms with Gasteiger partial charge in [-0.1, -0.05) is 24.6 Å². The number of hydrogen-bond acceptors (Lipinski definition) is 4. The molecule has 0 amide bonds. The first-order chi connectivity index (χ1) is 12.4. The Labute approximate surface area is 179 Å². The third kappa shape index (κ3) is 6.56. The predicted octanol–water partition coefficient (Wildman–Crippen LogP) is 1.84. The minimum atomic E-state index is -3.45. The van der Waals surface area contributed by atoms with Gasteiger partial charge in [-0.15, -0.1) is 24.0 Å². The van der Waals surface area contributed by atoms with Crippen molar-refractivity contribution in [2.24, 2.45) is 10.7 Å². The average Bonchev–Trinajstić information content (AvgIpc) is 2.62. The molecular weight excluding hydrogens is 481 g/mol. The quantitative estimate of drug-likeness (QED) is 0.331. The van der Waals surface area contributed by atoms with Gasteiger partial charge in [0.1, 0.15) is 0 Å². The standard InChI is InChI=1S/C17H29N5O3S.HI/c1-21(2)26(23,24)22-11-7-6-9-15(22)12-19-17(18)20-16-10-5-4-8-14(16)13-25-3;/h4-5,8,10,15H,6-7,9,11-13H2,1-3H3,(H3,18,19,20);1H. The van der Waals surface area contributed by atoms with E-state index < -0.39 is 10.2 Å². The van der Waals surface area contributed by atoms with Crippen LogP contribution in [0.15, 0.2) is 29.3 Å². The number of nitrogens with zero attached hydrogens (tertiary/aromatic N) is 3. The SMILES string of the molecule is COCc1ccccc1NC(N)=NCC1CCCCN1S(=O)(=O)N(C)C.I. The summed E-state index contributed by atoms with van der Waals surface area (Å²) in [7, 11) is 1.28. The van der Waals surface area contributed by atoms with E-state index in [1.165, 1.54) is 8.61 Å². The summed E-state index contributed by atoms with van der Waals surface area (Å²) in [6.45, 7) is 1.32. The van der Waals surface area contributed by atoms with E-state index in [-0.39, 0.29) is 36.0 Å². The highest BCUT2D eigenvalue weighted by molar-refractivity contribution is 14.0. The molecule has 0 aromatic heterocycles. The van der Waals surface area contributed by atoms with Crippen molar-refractivity contribution < 1.29 is 13.2 Å². The van der Waals surface area contributed by atoms with Crippen LogP contribution in [0, 0.1) is 0 Å². The minimum Gasteiger partial charge on any atom is -0.380 e. The minimum absolute atomic E-state index is 0. The number of nitrogens with one attached hydrogen (secondary N) is 1. The molecule has 1 heterocycles. The lowest BCUT2D eigenvalue weighted by atomic mass is 10.1. The van der Waals surface area contributed by atoms with Gasteiger partial charge in [-0.25, -0.2) is 0 Å². The molecule has 0 saturated carbocycles. The molecule has 154 valence electrons. The Balaban J connectivity index is 0.00000364. The molecule has 3 N–H and O–H groups in total. The van der Waals surface area contributed by atoms with Crippen molar-refractivity contribution >= 4 is 45.8 Å². The topological polar surface area (TPSA) is 100 Å². The third-order valence-electron chi connectivity index (χ3n) is 4.38. The van der Waals surface area contributed by atoms with E-state index in [0.29, 0.717) is 19.7 Å². The average molecular weight is 511 g/mol. The van der Waals surface area contributed by atoms with Crippen LogP contribution in [0.3, 0.4) is 0 Å². The number of guanidine groups is 1. The lowest BCUT2D eigenvalue weighted by molar-refractivity contribution is 0.185. The number of anilines is 1. The maximum Gasteiger partial charge on any atom is 0.281 e. The molecule has 0 radical (unpaired) electrons. The van der Waals surface area contributed by atoms with Crippen LogP contribution in [0.5, 0.6) is 0 Å². The molecule has 0 aliphatic carbocycles. The lowest BCUT2D eigenvalue weighted by Gasteiger charge is -2.35. The molecular formula is C17H30IN5O3S. The molecule has 1 atom stereocenters. The van der Waals surface area contributed by atoms with Crippen LogP contribution < -0.4 is 11.1 Å². The molecule has 1 saturated heterocycles. The van der Waals surface area contributed by atoms with Crippen LogP contribution in [-0.4, -0.2) is 63.3 Å². The van der Waals surface area contributed by atoms with Gasteiger partial charge in [0.05, 0.1) is 13.2 Å². The van der Waals surface area contributed by atoms with E-state index >= 15 is 0 Å². The summed E-state index contributed by atoms with van der Waals surface area (Å²) in [5.41, 5.74) is 7.83. The van der Waals surface area contributed by atoms with Gasteiger partial charge < -0.3 is 15.8 Å². The smallest absolute Gasteiger partial charge is 0.281 e. The van der Waals surface area contributed by atoms with Crippen LogP contribution >= 0.6 is 24.0 Å². The molecule has 2 rings (SSSR count). The zero-order chi connectivity index (χ0) is 19.2. The summed E-state index contributed by atoms with van der Waals surface area (Å²) in [5.74, 6) is 0.265. The Kier molecular flexibility index (Phi) is 9.95. The van der Waals surface area contributed by atoms with Crippen molar-refractivity contribution in [2.45, 2.75) is 31.9 Å². The fourth-order valence-electron chi connectivity index (χ4n) is 2.97. The molecule has 0 spiro atoms. The van der Waals surface area contributed by atoms with Crippen molar-refractivity contribution in [1.82, 2.24) is 8.61 Å². The maximum absolute atomic E-state index is 12.5. The van der Waals surface area contributed by atoms with Gasteiger partial charge in [-0.05, 0) is 18.9 Å². The molecule has 1 unspecified atom stereocenters. The second kappa shape index (κ2) is 11.1.